The lowest BCUT2D eigenvalue weighted by molar-refractivity contribution is -0.125. The second kappa shape index (κ2) is 5.02. The molecule has 0 aliphatic carbocycles. The number of amides is 1. The highest BCUT2D eigenvalue weighted by Crippen LogP contribution is 2.31. The first-order valence-electron chi connectivity index (χ1n) is 6.07. The van der Waals surface area contributed by atoms with Crippen LogP contribution < -0.4 is 14.8 Å². The number of nitrogens with one attached hydrogen (secondary N) is 1. The van der Waals surface area contributed by atoms with E-state index in [1.54, 1.807) is 6.07 Å². The number of hydrogen-bond donors (Lipinski definition) is 1. The summed E-state index contributed by atoms with van der Waals surface area (Å²) in [6.07, 6.45) is -0.630. The molecule has 0 radical (unpaired) electrons. The minimum absolute atomic E-state index is 0.208. The molecule has 0 saturated carbocycles. The molecule has 96 valence electrons. The third-order valence-electron chi connectivity index (χ3n) is 2.84. The van der Waals surface area contributed by atoms with Gasteiger partial charge in [0.2, 0.25) is 6.10 Å². The maximum absolute atomic E-state index is 12.1. The third-order valence-corrected chi connectivity index (χ3v) is 2.84. The first kappa shape index (κ1) is 11.6. The van der Waals surface area contributed by atoms with Gasteiger partial charge in [0.1, 0.15) is 6.61 Å². The van der Waals surface area contributed by atoms with Gasteiger partial charge in [-0.3, -0.25) is 4.79 Å². The van der Waals surface area contributed by atoms with Gasteiger partial charge in [-0.1, -0.05) is 30.3 Å². The topological polar surface area (TPSA) is 47.6 Å². The number of hydrogen-bond acceptors (Lipinski definition) is 3. The van der Waals surface area contributed by atoms with Gasteiger partial charge >= 0.3 is 0 Å². The van der Waals surface area contributed by atoms with Crippen LogP contribution >= 0.6 is 0 Å². The maximum atomic E-state index is 12.1. The molecular formula is C15H13NO3. The van der Waals surface area contributed by atoms with Crippen LogP contribution in [0.1, 0.15) is 0 Å². The zero-order valence-corrected chi connectivity index (χ0v) is 10.2. The molecule has 1 N–H and O–H groups in total. The van der Waals surface area contributed by atoms with Crippen molar-refractivity contribution < 1.29 is 14.3 Å². The highest BCUT2D eigenvalue weighted by atomic mass is 16.6. The van der Waals surface area contributed by atoms with Crippen molar-refractivity contribution in [1.29, 1.82) is 0 Å². The van der Waals surface area contributed by atoms with Crippen molar-refractivity contribution >= 4 is 11.6 Å². The summed E-state index contributed by atoms with van der Waals surface area (Å²) in [5.41, 5.74) is 0.745. The maximum Gasteiger partial charge on any atom is 0.269 e. The SMILES string of the molecule is O=C(Nc1ccccc1)[C@@H]1COc2ccccc2O1. The Kier molecular flexibility index (Phi) is 3.06. The molecule has 0 unspecified atom stereocenters. The van der Waals surface area contributed by atoms with E-state index in [0.29, 0.717) is 11.5 Å². The van der Waals surface area contributed by atoms with Crippen LogP contribution in [0.2, 0.25) is 0 Å². The van der Waals surface area contributed by atoms with Gasteiger partial charge in [0.25, 0.3) is 5.91 Å². The minimum atomic E-state index is -0.630. The van der Waals surface area contributed by atoms with Crippen molar-refractivity contribution in [2.75, 3.05) is 11.9 Å². The number of anilines is 1. The Hall–Kier alpha value is -2.49. The zero-order chi connectivity index (χ0) is 13.1. The third kappa shape index (κ3) is 2.52. The molecule has 19 heavy (non-hydrogen) atoms. The predicted octanol–water partition coefficient (Wildman–Crippen LogP) is 2.47. The average Bonchev–Trinajstić information content (AvgIpc) is 2.48. The molecule has 0 bridgehead atoms. The van der Waals surface area contributed by atoms with Crippen LogP contribution in [0.3, 0.4) is 0 Å². The van der Waals surface area contributed by atoms with Crippen LogP contribution in [0.15, 0.2) is 54.6 Å². The molecule has 0 aromatic heterocycles. The van der Waals surface area contributed by atoms with Gasteiger partial charge in [0.15, 0.2) is 11.5 Å². The van der Waals surface area contributed by atoms with E-state index < -0.39 is 6.10 Å². The summed E-state index contributed by atoms with van der Waals surface area (Å²) >= 11 is 0. The Labute approximate surface area is 111 Å². The summed E-state index contributed by atoms with van der Waals surface area (Å²) < 4.78 is 11.1. The molecule has 0 fully saturated rings. The van der Waals surface area contributed by atoms with Gasteiger partial charge in [-0.05, 0) is 24.3 Å². The molecule has 1 amide bonds. The van der Waals surface area contributed by atoms with Crippen molar-refractivity contribution in [1.82, 2.24) is 0 Å². The molecule has 4 heteroatoms. The fraction of sp³-hybridized carbons (Fsp3) is 0.133. The van der Waals surface area contributed by atoms with Crippen LogP contribution in [-0.2, 0) is 4.79 Å². The minimum Gasteiger partial charge on any atom is -0.485 e. The second-order valence-corrected chi connectivity index (χ2v) is 4.22. The van der Waals surface area contributed by atoms with Crippen LogP contribution in [0, 0.1) is 0 Å². The van der Waals surface area contributed by atoms with Crippen LogP contribution in [0.4, 0.5) is 5.69 Å². The van der Waals surface area contributed by atoms with Gasteiger partial charge in [-0.25, -0.2) is 0 Å². The van der Waals surface area contributed by atoms with Gasteiger partial charge in [-0.2, -0.15) is 0 Å². The second-order valence-electron chi connectivity index (χ2n) is 4.22. The standard InChI is InChI=1S/C15H13NO3/c17-15(16-11-6-2-1-3-7-11)14-10-18-12-8-4-5-9-13(12)19-14/h1-9,14H,10H2,(H,16,17)/t14-/m0/s1. The van der Waals surface area contributed by atoms with Gasteiger partial charge in [0.05, 0.1) is 0 Å². The summed E-state index contributed by atoms with van der Waals surface area (Å²) in [5, 5.41) is 2.80. The van der Waals surface area contributed by atoms with Crippen molar-refractivity contribution in [3.8, 4) is 11.5 Å². The molecule has 1 aliphatic rings. The van der Waals surface area contributed by atoms with E-state index in [4.69, 9.17) is 9.47 Å². The zero-order valence-electron chi connectivity index (χ0n) is 10.2. The largest absolute Gasteiger partial charge is 0.485 e. The van der Waals surface area contributed by atoms with Gasteiger partial charge < -0.3 is 14.8 Å². The van der Waals surface area contributed by atoms with E-state index in [0.717, 1.165) is 5.69 Å². The molecule has 2 aromatic carbocycles. The summed E-state index contributed by atoms with van der Waals surface area (Å²) in [7, 11) is 0. The monoisotopic (exact) mass is 255 g/mol. The molecule has 0 spiro atoms. The number of ether oxygens (including phenoxy) is 2. The normalized spacial score (nSPS) is 16.7. The highest BCUT2D eigenvalue weighted by molar-refractivity contribution is 5.94. The van der Waals surface area contributed by atoms with Crippen molar-refractivity contribution in [3.63, 3.8) is 0 Å². The van der Waals surface area contributed by atoms with E-state index in [-0.39, 0.29) is 12.5 Å². The number of fused-ring (bicyclic) bond motifs is 1. The summed E-state index contributed by atoms with van der Waals surface area (Å²) in [6, 6.07) is 16.6. The Bertz CT molecular complexity index is 583. The van der Waals surface area contributed by atoms with Crippen LogP contribution in [0.5, 0.6) is 11.5 Å². The fourth-order valence-corrected chi connectivity index (χ4v) is 1.89. The van der Waals surface area contributed by atoms with Crippen molar-refractivity contribution in [3.05, 3.63) is 54.6 Å². The summed E-state index contributed by atoms with van der Waals surface area (Å²) in [6.45, 7) is 0.218. The lowest BCUT2D eigenvalue weighted by atomic mass is 10.2. The van der Waals surface area contributed by atoms with Gasteiger partial charge in [0, 0.05) is 5.69 Å². The van der Waals surface area contributed by atoms with Gasteiger partial charge in [-0.15, -0.1) is 0 Å². The molecule has 1 atom stereocenters. The first-order chi connectivity index (χ1) is 9.33. The lowest BCUT2D eigenvalue weighted by Gasteiger charge is -2.25. The van der Waals surface area contributed by atoms with E-state index in [1.807, 2.05) is 48.5 Å². The molecule has 2 aromatic rings. The average molecular weight is 255 g/mol. The van der Waals surface area contributed by atoms with E-state index in [9.17, 15) is 4.79 Å². The summed E-state index contributed by atoms with van der Waals surface area (Å²) in [4.78, 5) is 12.1. The van der Waals surface area contributed by atoms with E-state index in [2.05, 4.69) is 5.32 Å². The smallest absolute Gasteiger partial charge is 0.269 e. The molecule has 1 heterocycles. The predicted molar refractivity (Wildman–Crippen MR) is 71.4 cm³/mol. The molecular weight excluding hydrogens is 242 g/mol. The highest BCUT2D eigenvalue weighted by Gasteiger charge is 2.27. The number of benzene rings is 2. The Morgan fingerprint density at radius 2 is 1.68 bits per heavy atom. The number of carbonyl (C=O) groups excluding carboxylic acids is 1. The molecule has 1 aliphatic heterocycles. The fourth-order valence-electron chi connectivity index (χ4n) is 1.89. The van der Waals surface area contributed by atoms with E-state index >= 15 is 0 Å². The Balaban J connectivity index is 1.70. The van der Waals surface area contributed by atoms with Crippen LogP contribution in [0.25, 0.3) is 0 Å². The molecule has 3 rings (SSSR count). The van der Waals surface area contributed by atoms with E-state index in [1.165, 1.54) is 0 Å². The molecule has 4 nitrogen and oxygen atoms in total. The van der Waals surface area contributed by atoms with Crippen molar-refractivity contribution in [2.24, 2.45) is 0 Å². The number of carbonyl (C=O) groups is 1. The van der Waals surface area contributed by atoms with Crippen LogP contribution in [-0.4, -0.2) is 18.6 Å². The lowest BCUT2D eigenvalue weighted by Crippen LogP contribution is -2.40. The molecule has 0 saturated heterocycles. The van der Waals surface area contributed by atoms with Crippen molar-refractivity contribution in [2.45, 2.75) is 6.10 Å². The first-order valence-corrected chi connectivity index (χ1v) is 6.07. The Morgan fingerprint density at radius 3 is 2.47 bits per heavy atom. The summed E-state index contributed by atoms with van der Waals surface area (Å²) in [5.74, 6) is 1.06. The Morgan fingerprint density at radius 1 is 1.00 bits per heavy atom. The number of para-hydroxylation sites is 3. The number of rotatable bonds is 2. The quantitative estimate of drug-likeness (QED) is 0.896.